The fourth-order valence-electron chi connectivity index (χ4n) is 5.92. The van der Waals surface area contributed by atoms with Crippen LogP contribution in [-0.4, -0.2) is 78.2 Å². The first-order valence-corrected chi connectivity index (χ1v) is 14.4. The minimum absolute atomic E-state index is 0.0116. The number of carboxylic acid groups (broad SMARTS) is 1. The maximum atomic E-state index is 12.8. The molecule has 42 heavy (non-hydrogen) atoms. The third-order valence-corrected chi connectivity index (χ3v) is 8.29. The van der Waals surface area contributed by atoms with E-state index in [0.717, 1.165) is 61.6 Å². The van der Waals surface area contributed by atoms with Crippen molar-refractivity contribution in [2.75, 3.05) is 19.7 Å². The number of rotatable bonds is 9. The number of likely N-dealkylation sites (tertiary alicyclic amines) is 1. The van der Waals surface area contributed by atoms with Gasteiger partial charge in [0.05, 0.1) is 31.4 Å². The van der Waals surface area contributed by atoms with E-state index in [9.17, 15) is 14.7 Å². The lowest BCUT2D eigenvalue weighted by atomic mass is 10.1. The van der Waals surface area contributed by atoms with Crippen LogP contribution in [0.5, 0.6) is 5.88 Å². The van der Waals surface area contributed by atoms with Gasteiger partial charge in [-0.1, -0.05) is 24.3 Å². The lowest BCUT2D eigenvalue weighted by Crippen LogP contribution is -2.39. The van der Waals surface area contributed by atoms with Crippen molar-refractivity contribution in [3.8, 4) is 5.88 Å². The topological polar surface area (TPSA) is 123 Å². The van der Waals surface area contributed by atoms with Crippen LogP contribution >= 0.6 is 0 Å². The summed E-state index contributed by atoms with van der Waals surface area (Å²) >= 11 is 0. The molecule has 2 saturated heterocycles. The number of carbonyl (C=O) groups excluding carboxylic acids is 1. The van der Waals surface area contributed by atoms with Gasteiger partial charge in [-0.15, -0.1) is 0 Å². The summed E-state index contributed by atoms with van der Waals surface area (Å²) < 4.78 is 14.0. The van der Waals surface area contributed by atoms with Crippen molar-refractivity contribution < 1.29 is 24.2 Å². The van der Waals surface area contributed by atoms with Gasteiger partial charge in [-0.05, 0) is 49.1 Å². The van der Waals surface area contributed by atoms with E-state index >= 15 is 0 Å². The van der Waals surface area contributed by atoms with E-state index in [1.807, 2.05) is 51.9 Å². The molecule has 2 fully saturated rings. The quantitative estimate of drug-likeness (QED) is 0.323. The van der Waals surface area contributed by atoms with Gasteiger partial charge in [0, 0.05) is 37.9 Å². The number of amides is 1. The summed E-state index contributed by atoms with van der Waals surface area (Å²) in [6.45, 7) is 4.70. The van der Waals surface area contributed by atoms with Gasteiger partial charge in [-0.25, -0.2) is 19.7 Å². The summed E-state index contributed by atoms with van der Waals surface area (Å²) in [7, 11) is 0. The number of piperidine rings is 1. The van der Waals surface area contributed by atoms with E-state index in [-0.39, 0.29) is 23.8 Å². The Morgan fingerprint density at radius 3 is 2.57 bits per heavy atom. The van der Waals surface area contributed by atoms with Crippen LogP contribution in [0, 0.1) is 0 Å². The number of aromatic nitrogens is 4. The maximum Gasteiger partial charge on any atom is 0.354 e. The lowest BCUT2D eigenvalue weighted by Gasteiger charge is -2.32. The Morgan fingerprint density at radius 2 is 1.81 bits per heavy atom. The lowest BCUT2D eigenvalue weighted by molar-refractivity contribution is -0.0593. The molecule has 0 aliphatic carbocycles. The third kappa shape index (κ3) is 5.33. The summed E-state index contributed by atoms with van der Waals surface area (Å²) in [6.07, 6.45) is 2.80. The Morgan fingerprint density at radius 1 is 0.976 bits per heavy atom. The molecule has 3 aliphatic rings. The fourth-order valence-corrected chi connectivity index (χ4v) is 5.92. The molecule has 0 spiro atoms. The average molecular weight is 569 g/mol. The molecule has 4 aromatic rings. The van der Waals surface area contributed by atoms with Crippen LogP contribution in [0.4, 0.5) is 0 Å². The molecule has 1 unspecified atom stereocenters. The van der Waals surface area contributed by atoms with Gasteiger partial charge in [0.1, 0.15) is 17.4 Å². The highest BCUT2D eigenvalue weighted by Gasteiger charge is 2.28. The summed E-state index contributed by atoms with van der Waals surface area (Å²) in [6, 6.07) is 16.7. The molecular formula is C31H32N6O5. The molecule has 216 valence electrons. The molecule has 1 amide bonds. The highest BCUT2D eigenvalue weighted by atomic mass is 16.5. The van der Waals surface area contributed by atoms with E-state index in [2.05, 4.69) is 9.88 Å². The number of hydrogen-bond donors (Lipinski definition) is 1. The number of imidazole rings is 1. The van der Waals surface area contributed by atoms with Crippen LogP contribution in [0.15, 0.2) is 54.6 Å². The molecule has 6 heterocycles. The molecule has 0 bridgehead atoms. The summed E-state index contributed by atoms with van der Waals surface area (Å²) in [5.41, 5.74) is 3.92. The predicted octanol–water partition coefficient (Wildman–Crippen LogP) is 3.51. The zero-order valence-corrected chi connectivity index (χ0v) is 23.2. The molecule has 0 radical (unpaired) electrons. The highest BCUT2D eigenvalue weighted by molar-refractivity contribution is 5.98. The van der Waals surface area contributed by atoms with Crippen LogP contribution < -0.4 is 4.74 Å². The SMILES string of the molecule is O=C(O)c1ccc2nc(CN3CCC(Oc4cccc(CN5Cc6ccccc6C5=O)n4)CC3)n(CC3CCO3)c2n1. The van der Waals surface area contributed by atoms with Crippen molar-refractivity contribution in [2.24, 2.45) is 0 Å². The van der Waals surface area contributed by atoms with E-state index in [4.69, 9.17) is 19.4 Å². The molecule has 11 heteroatoms. The number of benzene rings is 1. The molecule has 3 aliphatic heterocycles. The van der Waals surface area contributed by atoms with Gasteiger partial charge < -0.3 is 24.0 Å². The summed E-state index contributed by atoms with van der Waals surface area (Å²) in [5.74, 6) is 0.432. The Hall–Kier alpha value is -4.35. The summed E-state index contributed by atoms with van der Waals surface area (Å²) in [5, 5.41) is 9.44. The smallest absolute Gasteiger partial charge is 0.354 e. The van der Waals surface area contributed by atoms with Crippen molar-refractivity contribution in [3.63, 3.8) is 0 Å². The first kappa shape index (κ1) is 26.5. The second kappa shape index (κ2) is 11.1. The monoisotopic (exact) mass is 568 g/mol. The molecule has 1 atom stereocenters. The average Bonchev–Trinajstić information content (AvgIpc) is 3.47. The normalized spacial score (nSPS) is 19.2. The number of pyridine rings is 2. The summed E-state index contributed by atoms with van der Waals surface area (Å²) in [4.78, 5) is 42.4. The van der Waals surface area contributed by atoms with Crippen LogP contribution in [0.2, 0.25) is 0 Å². The van der Waals surface area contributed by atoms with Crippen molar-refractivity contribution >= 4 is 23.0 Å². The molecule has 7 rings (SSSR count). The molecule has 1 N–H and O–H groups in total. The van der Waals surface area contributed by atoms with Gasteiger partial charge in [-0.3, -0.25) is 9.69 Å². The van der Waals surface area contributed by atoms with Crippen LogP contribution in [-0.2, 0) is 30.9 Å². The van der Waals surface area contributed by atoms with Gasteiger partial charge in [0.15, 0.2) is 11.3 Å². The van der Waals surface area contributed by atoms with Crippen LogP contribution in [0.3, 0.4) is 0 Å². The minimum atomic E-state index is -1.05. The largest absolute Gasteiger partial charge is 0.477 e. The Balaban J connectivity index is 0.976. The Bertz CT molecular complexity index is 1640. The van der Waals surface area contributed by atoms with Crippen LogP contribution in [0.25, 0.3) is 11.2 Å². The highest BCUT2D eigenvalue weighted by Crippen LogP contribution is 2.26. The number of fused-ring (bicyclic) bond motifs is 2. The Kier molecular flexibility index (Phi) is 7.04. The maximum absolute atomic E-state index is 12.8. The Labute approximate surface area is 242 Å². The predicted molar refractivity (Wildman–Crippen MR) is 152 cm³/mol. The van der Waals surface area contributed by atoms with Crippen molar-refractivity contribution in [3.05, 3.63) is 82.9 Å². The van der Waals surface area contributed by atoms with Gasteiger partial charge in [-0.2, -0.15) is 0 Å². The van der Waals surface area contributed by atoms with Crippen molar-refractivity contribution in [2.45, 2.75) is 57.6 Å². The number of nitrogens with zero attached hydrogens (tertiary/aromatic N) is 6. The molecule has 0 saturated carbocycles. The zero-order chi connectivity index (χ0) is 28.6. The van der Waals surface area contributed by atoms with Crippen molar-refractivity contribution in [1.29, 1.82) is 0 Å². The standard InChI is InChI=1S/C31H32N6O5/c38-30-24-6-2-1-4-20(24)16-36(30)17-21-5-3-7-28(32-21)42-22-10-13-35(14-11-22)19-27-33-25-8-9-26(31(39)40)34-29(25)37(27)18-23-12-15-41-23/h1-9,22-23H,10-19H2,(H,39,40). The number of hydrogen-bond acceptors (Lipinski definition) is 8. The second-order valence-corrected chi connectivity index (χ2v) is 11.1. The van der Waals surface area contributed by atoms with Crippen molar-refractivity contribution in [1.82, 2.24) is 29.3 Å². The molecule has 11 nitrogen and oxygen atoms in total. The fraction of sp³-hybridized carbons (Fsp3) is 0.387. The number of carboxylic acids is 1. The molecule has 1 aromatic carbocycles. The van der Waals surface area contributed by atoms with E-state index in [1.165, 1.54) is 6.07 Å². The van der Waals surface area contributed by atoms with Gasteiger partial charge >= 0.3 is 5.97 Å². The van der Waals surface area contributed by atoms with Crippen LogP contribution in [0.1, 0.15) is 57.2 Å². The molecule has 3 aromatic heterocycles. The zero-order valence-electron chi connectivity index (χ0n) is 23.2. The number of carbonyl (C=O) groups is 2. The minimum Gasteiger partial charge on any atom is -0.477 e. The van der Waals surface area contributed by atoms with E-state index < -0.39 is 5.97 Å². The number of ether oxygens (including phenoxy) is 2. The van der Waals surface area contributed by atoms with E-state index in [0.29, 0.717) is 43.2 Å². The van der Waals surface area contributed by atoms with E-state index in [1.54, 1.807) is 6.07 Å². The van der Waals surface area contributed by atoms with Gasteiger partial charge in [0.2, 0.25) is 5.88 Å². The second-order valence-electron chi connectivity index (χ2n) is 11.1. The number of aromatic carboxylic acids is 1. The van der Waals surface area contributed by atoms with Gasteiger partial charge in [0.25, 0.3) is 5.91 Å². The molecular weight excluding hydrogens is 536 g/mol. The third-order valence-electron chi connectivity index (χ3n) is 8.29. The first-order valence-electron chi connectivity index (χ1n) is 14.4. The first-order chi connectivity index (χ1) is 20.5.